The Labute approximate surface area is 163 Å². The average molecular weight is 438 g/mol. The first-order valence-electron chi connectivity index (χ1n) is 7.99. The summed E-state index contributed by atoms with van der Waals surface area (Å²) in [5, 5.41) is 26.5. The van der Waals surface area contributed by atoms with Crippen molar-refractivity contribution in [2.24, 2.45) is 0 Å². The summed E-state index contributed by atoms with van der Waals surface area (Å²) < 4.78 is 77.3. The van der Waals surface area contributed by atoms with E-state index in [-0.39, 0.29) is 18.8 Å². The van der Waals surface area contributed by atoms with Gasteiger partial charge in [0.25, 0.3) is 11.4 Å². The Morgan fingerprint density at radius 3 is 1.83 bits per heavy atom. The van der Waals surface area contributed by atoms with Crippen molar-refractivity contribution >= 4 is 22.7 Å². The van der Waals surface area contributed by atoms with E-state index in [4.69, 9.17) is 0 Å². The molecule has 0 saturated heterocycles. The molecular weight excluding hydrogens is 426 g/mol. The van der Waals surface area contributed by atoms with Gasteiger partial charge in [-0.2, -0.15) is 26.3 Å². The first kappa shape index (κ1) is 22.7. The second-order valence-electron chi connectivity index (χ2n) is 5.83. The van der Waals surface area contributed by atoms with E-state index in [0.29, 0.717) is 18.2 Å². The molecule has 0 bridgehead atoms. The number of nitro benzene ring substituents is 2. The van der Waals surface area contributed by atoms with Gasteiger partial charge >= 0.3 is 12.4 Å². The molecule has 2 rings (SSSR count). The third-order valence-electron chi connectivity index (χ3n) is 3.80. The molecule has 0 fully saturated rings. The van der Waals surface area contributed by atoms with E-state index in [9.17, 15) is 46.6 Å². The maximum Gasteiger partial charge on any atom is 0.418 e. The van der Waals surface area contributed by atoms with E-state index >= 15 is 0 Å². The summed E-state index contributed by atoms with van der Waals surface area (Å²) in [6.45, 7) is -0.417. The molecule has 162 valence electrons. The molecule has 30 heavy (non-hydrogen) atoms. The smallest absolute Gasteiger partial charge is 0.383 e. The Morgan fingerprint density at radius 1 is 0.767 bits per heavy atom. The van der Waals surface area contributed by atoms with Crippen molar-refractivity contribution in [2.45, 2.75) is 12.4 Å². The highest BCUT2D eigenvalue weighted by molar-refractivity contribution is 5.63. The standard InChI is InChI=1S/C16H12F6N4O4/c17-15(18,19)9-1-3-13(14(7-9)26(29)30)24-6-5-23-12-4-2-10(25(27)28)8-11(12)16(20,21)22/h1-4,7-8,23-24H,5-6H2. The van der Waals surface area contributed by atoms with Gasteiger partial charge in [0.2, 0.25) is 0 Å². The second-order valence-corrected chi connectivity index (χ2v) is 5.83. The van der Waals surface area contributed by atoms with Gasteiger partial charge in [-0.1, -0.05) is 0 Å². The summed E-state index contributed by atoms with van der Waals surface area (Å²) in [5.41, 5.74) is -4.83. The third kappa shape index (κ3) is 5.48. The first-order valence-corrected chi connectivity index (χ1v) is 7.99. The first-order chi connectivity index (χ1) is 13.8. The molecule has 0 radical (unpaired) electrons. The number of hydrogen-bond acceptors (Lipinski definition) is 6. The summed E-state index contributed by atoms with van der Waals surface area (Å²) >= 11 is 0. The van der Waals surface area contributed by atoms with E-state index in [0.717, 1.165) is 18.2 Å². The number of halogens is 6. The highest BCUT2D eigenvalue weighted by Crippen LogP contribution is 2.37. The minimum absolute atomic E-state index is 0.194. The molecule has 0 aliphatic carbocycles. The van der Waals surface area contributed by atoms with Crippen LogP contribution in [0, 0.1) is 20.2 Å². The number of nitrogens with zero attached hydrogens (tertiary/aromatic N) is 2. The Balaban J connectivity index is 2.12. The average Bonchev–Trinajstić information content (AvgIpc) is 2.63. The second kappa shape index (κ2) is 8.42. The van der Waals surface area contributed by atoms with Crippen molar-refractivity contribution in [1.29, 1.82) is 0 Å². The van der Waals surface area contributed by atoms with Crippen molar-refractivity contribution in [3.63, 3.8) is 0 Å². The maximum atomic E-state index is 13.1. The number of non-ortho nitro benzene ring substituents is 1. The van der Waals surface area contributed by atoms with E-state index < -0.39 is 50.4 Å². The lowest BCUT2D eigenvalue weighted by molar-refractivity contribution is -0.385. The van der Waals surface area contributed by atoms with Crippen molar-refractivity contribution < 1.29 is 36.2 Å². The molecule has 2 aromatic rings. The van der Waals surface area contributed by atoms with Crippen molar-refractivity contribution in [1.82, 2.24) is 0 Å². The SMILES string of the molecule is O=[N+]([O-])c1ccc(NCCNc2ccc(C(F)(F)F)cc2[N+](=O)[O-])c(C(F)(F)F)c1. The minimum atomic E-state index is -4.88. The monoisotopic (exact) mass is 438 g/mol. The molecule has 2 N–H and O–H groups in total. The lowest BCUT2D eigenvalue weighted by Gasteiger charge is -2.15. The summed E-state index contributed by atoms with van der Waals surface area (Å²) in [7, 11) is 0. The van der Waals surface area contributed by atoms with Crippen LogP contribution >= 0.6 is 0 Å². The van der Waals surface area contributed by atoms with E-state index in [1.807, 2.05) is 0 Å². The molecule has 0 unspecified atom stereocenters. The van der Waals surface area contributed by atoms with Crippen molar-refractivity contribution in [3.05, 3.63) is 67.8 Å². The summed E-state index contributed by atoms with van der Waals surface area (Å²) in [6.07, 6.45) is -9.66. The van der Waals surface area contributed by atoms with Crippen molar-refractivity contribution in [3.8, 4) is 0 Å². The quantitative estimate of drug-likeness (QED) is 0.271. The fourth-order valence-corrected chi connectivity index (χ4v) is 2.44. The number of hydrogen-bond donors (Lipinski definition) is 2. The van der Waals surface area contributed by atoms with Crippen LogP contribution in [-0.2, 0) is 12.4 Å². The molecule has 0 heterocycles. The lowest BCUT2D eigenvalue weighted by atomic mass is 10.1. The molecule has 8 nitrogen and oxygen atoms in total. The Bertz CT molecular complexity index is 962. The topological polar surface area (TPSA) is 110 Å². The summed E-state index contributed by atoms with van der Waals surface area (Å²) in [6, 6.07) is 3.90. The molecule has 2 aromatic carbocycles. The summed E-state index contributed by atoms with van der Waals surface area (Å²) in [4.78, 5) is 19.7. The van der Waals surface area contributed by atoms with Gasteiger partial charge in [-0.3, -0.25) is 20.2 Å². The van der Waals surface area contributed by atoms with Crippen LogP contribution in [0.3, 0.4) is 0 Å². The Morgan fingerprint density at radius 2 is 1.33 bits per heavy atom. The lowest BCUT2D eigenvalue weighted by Crippen LogP contribution is -2.17. The normalized spacial score (nSPS) is 11.8. The zero-order valence-electron chi connectivity index (χ0n) is 14.7. The van der Waals surface area contributed by atoms with Gasteiger partial charge in [0.1, 0.15) is 5.69 Å². The molecule has 0 atom stereocenters. The number of nitro groups is 2. The fraction of sp³-hybridized carbons (Fsp3) is 0.250. The molecular formula is C16H12F6N4O4. The van der Waals surface area contributed by atoms with Gasteiger partial charge in [-0.15, -0.1) is 0 Å². The Kier molecular flexibility index (Phi) is 6.38. The van der Waals surface area contributed by atoms with Crippen LogP contribution in [0.15, 0.2) is 36.4 Å². The van der Waals surface area contributed by atoms with Gasteiger partial charge < -0.3 is 10.6 Å². The van der Waals surface area contributed by atoms with E-state index in [2.05, 4.69) is 10.6 Å². The number of alkyl halides is 6. The molecule has 14 heteroatoms. The molecule has 0 aliphatic rings. The zero-order chi connectivity index (χ0) is 22.7. The molecule has 0 spiro atoms. The zero-order valence-corrected chi connectivity index (χ0v) is 14.7. The fourth-order valence-electron chi connectivity index (χ4n) is 2.44. The predicted molar refractivity (Wildman–Crippen MR) is 93.2 cm³/mol. The van der Waals surface area contributed by atoms with Crippen LogP contribution in [0.5, 0.6) is 0 Å². The third-order valence-corrected chi connectivity index (χ3v) is 3.80. The molecule has 0 aliphatic heterocycles. The van der Waals surface area contributed by atoms with Crippen LogP contribution < -0.4 is 10.6 Å². The molecule has 0 aromatic heterocycles. The van der Waals surface area contributed by atoms with E-state index in [1.54, 1.807) is 0 Å². The van der Waals surface area contributed by atoms with E-state index in [1.165, 1.54) is 0 Å². The van der Waals surface area contributed by atoms with Crippen LogP contribution in [0.4, 0.5) is 49.1 Å². The Hall–Kier alpha value is -3.58. The van der Waals surface area contributed by atoms with Gasteiger partial charge in [-0.05, 0) is 18.2 Å². The highest BCUT2D eigenvalue weighted by Gasteiger charge is 2.35. The minimum Gasteiger partial charge on any atom is -0.383 e. The van der Waals surface area contributed by atoms with Crippen LogP contribution in [0.2, 0.25) is 0 Å². The molecule has 0 amide bonds. The van der Waals surface area contributed by atoms with Crippen LogP contribution in [0.25, 0.3) is 0 Å². The highest BCUT2D eigenvalue weighted by atomic mass is 19.4. The van der Waals surface area contributed by atoms with Crippen LogP contribution in [0.1, 0.15) is 11.1 Å². The number of anilines is 2. The number of nitrogens with one attached hydrogen (secondary N) is 2. The predicted octanol–water partition coefficient (Wildman–Crippen LogP) is 5.06. The van der Waals surface area contributed by atoms with Crippen LogP contribution in [-0.4, -0.2) is 22.9 Å². The van der Waals surface area contributed by atoms with Gasteiger partial charge in [0, 0.05) is 37.0 Å². The number of rotatable bonds is 7. The summed E-state index contributed by atoms with van der Waals surface area (Å²) in [5.74, 6) is 0. The largest absolute Gasteiger partial charge is 0.418 e. The maximum absolute atomic E-state index is 13.1. The number of benzene rings is 2. The van der Waals surface area contributed by atoms with Crippen molar-refractivity contribution in [2.75, 3.05) is 23.7 Å². The van der Waals surface area contributed by atoms with Gasteiger partial charge in [0.05, 0.1) is 21.0 Å². The van der Waals surface area contributed by atoms with Gasteiger partial charge in [0.15, 0.2) is 0 Å². The molecule has 0 saturated carbocycles. The van der Waals surface area contributed by atoms with Gasteiger partial charge in [-0.25, -0.2) is 0 Å².